The fourth-order valence-corrected chi connectivity index (χ4v) is 2.72. The number of likely N-dealkylation sites (tertiary alicyclic amines) is 1. The standard InChI is InChI=1S/C15H17N3O4/c1-9-16-14(17-22-9)15(20)18-8-11(19)7-13(18)10-4-3-5-12(6-10)21-2/h3-6,11,13,19H,7-8H2,1-2H3/t11-,13-/m1/s1. The Hall–Kier alpha value is -2.41. The molecule has 0 radical (unpaired) electrons. The van der Waals surface area contributed by atoms with Gasteiger partial charge < -0.3 is 19.3 Å². The Morgan fingerprint density at radius 1 is 1.50 bits per heavy atom. The molecule has 116 valence electrons. The van der Waals surface area contributed by atoms with Crippen LogP contribution in [0.5, 0.6) is 5.75 Å². The van der Waals surface area contributed by atoms with E-state index in [1.807, 2.05) is 24.3 Å². The minimum absolute atomic E-state index is 0.0134. The molecule has 1 saturated heterocycles. The minimum Gasteiger partial charge on any atom is -0.497 e. The number of aliphatic hydroxyl groups is 1. The zero-order valence-corrected chi connectivity index (χ0v) is 12.4. The second-order valence-corrected chi connectivity index (χ2v) is 5.28. The van der Waals surface area contributed by atoms with Crippen molar-refractivity contribution in [3.05, 3.63) is 41.5 Å². The van der Waals surface area contributed by atoms with E-state index in [0.29, 0.717) is 18.1 Å². The summed E-state index contributed by atoms with van der Waals surface area (Å²) in [4.78, 5) is 18.1. The van der Waals surface area contributed by atoms with Gasteiger partial charge in [0.25, 0.3) is 11.7 Å². The van der Waals surface area contributed by atoms with Crippen LogP contribution in [0.2, 0.25) is 0 Å². The summed E-state index contributed by atoms with van der Waals surface area (Å²) in [6, 6.07) is 7.23. The summed E-state index contributed by atoms with van der Waals surface area (Å²) in [5.74, 6) is 0.712. The van der Waals surface area contributed by atoms with Crippen LogP contribution in [0.1, 0.15) is 34.5 Å². The molecular weight excluding hydrogens is 286 g/mol. The number of carbonyl (C=O) groups is 1. The highest BCUT2D eigenvalue weighted by atomic mass is 16.5. The quantitative estimate of drug-likeness (QED) is 0.920. The largest absolute Gasteiger partial charge is 0.497 e. The van der Waals surface area contributed by atoms with E-state index in [-0.39, 0.29) is 24.3 Å². The van der Waals surface area contributed by atoms with E-state index in [4.69, 9.17) is 9.26 Å². The molecule has 0 saturated carbocycles. The molecule has 0 unspecified atom stereocenters. The molecule has 0 spiro atoms. The Balaban J connectivity index is 1.90. The fourth-order valence-electron chi connectivity index (χ4n) is 2.72. The summed E-state index contributed by atoms with van der Waals surface area (Å²) >= 11 is 0. The molecule has 2 aromatic rings. The molecule has 1 aliphatic rings. The van der Waals surface area contributed by atoms with Crippen molar-refractivity contribution in [2.24, 2.45) is 0 Å². The summed E-state index contributed by atoms with van der Waals surface area (Å²) in [5.41, 5.74) is 0.907. The first-order valence-corrected chi connectivity index (χ1v) is 7.02. The van der Waals surface area contributed by atoms with Crippen LogP contribution in [-0.2, 0) is 0 Å². The zero-order chi connectivity index (χ0) is 15.7. The van der Waals surface area contributed by atoms with E-state index in [9.17, 15) is 9.90 Å². The van der Waals surface area contributed by atoms with Gasteiger partial charge in [-0.25, -0.2) is 0 Å². The van der Waals surface area contributed by atoms with E-state index in [0.717, 1.165) is 5.56 Å². The molecule has 1 aliphatic heterocycles. The lowest BCUT2D eigenvalue weighted by Crippen LogP contribution is -2.32. The molecule has 1 amide bonds. The highest BCUT2D eigenvalue weighted by molar-refractivity contribution is 5.90. The number of nitrogens with zero attached hydrogens (tertiary/aromatic N) is 3. The first-order chi connectivity index (χ1) is 10.6. The third-order valence-corrected chi connectivity index (χ3v) is 3.74. The van der Waals surface area contributed by atoms with E-state index in [2.05, 4.69) is 10.1 Å². The van der Waals surface area contributed by atoms with Gasteiger partial charge in [-0.05, 0) is 24.1 Å². The number of benzene rings is 1. The third-order valence-electron chi connectivity index (χ3n) is 3.74. The van der Waals surface area contributed by atoms with E-state index >= 15 is 0 Å². The second kappa shape index (κ2) is 5.76. The van der Waals surface area contributed by atoms with Crippen LogP contribution in [0.3, 0.4) is 0 Å². The number of β-amino-alcohol motifs (C(OH)–C–C–N with tert-alkyl or cyclic N) is 1. The lowest BCUT2D eigenvalue weighted by molar-refractivity contribution is 0.0700. The van der Waals surface area contributed by atoms with Gasteiger partial charge in [-0.3, -0.25) is 4.79 Å². The molecule has 2 atom stereocenters. The van der Waals surface area contributed by atoms with E-state index < -0.39 is 6.10 Å². The predicted molar refractivity (Wildman–Crippen MR) is 76.4 cm³/mol. The van der Waals surface area contributed by atoms with Crippen molar-refractivity contribution in [1.29, 1.82) is 0 Å². The summed E-state index contributed by atoms with van der Waals surface area (Å²) in [5, 5.41) is 13.6. The van der Waals surface area contributed by atoms with E-state index in [1.54, 1.807) is 18.9 Å². The molecule has 1 aromatic carbocycles. The van der Waals surface area contributed by atoms with Gasteiger partial charge in [-0.1, -0.05) is 17.3 Å². The van der Waals surface area contributed by atoms with E-state index in [1.165, 1.54) is 0 Å². The minimum atomic E-state index is -0.576. The van der Waals surface area contributed by atoms with Gasteiger partial charge in [0.05, 0.1) is 19.3 Å². The zero-order valence-electron chi connectivity index (χ0n) is 12.4. The van der Waals surface area contributed by atoms with Crippen molar-refractivity contribution in [2.75, 3.05) is 13.7 Å². The molecular formula is C15H17N3O4. The number of hydrogen-bond donors (Lipinski definition) is 1. The van der Waals surface area contributed by atoms with Crippen molar-refractivity contribution >= 4 is 5.91 Å². The van der Waals surface area contributed by atoms with Crippen LogP contribution < -0.4 is 4.74 Å². The Kier molecular flexibility index (Phi) is 3.81. The number of ether oxygens (including phenoxy) is 1. The van der Waals surface area contributed by atoms with Gasteiger partial charge in [0, 0.05) is 13.5 Å². The SMILES string of the molecule is COc1cccc([C@H]2C[C@@H](O)CN2C(=O)c2noc(C)n2)c1. The Morgan fingerprint density at radius 3 is 3.00 bits per heavy atom. The van der Waals surface area contributed by atoms with Gasteiger partial charge >= 0.3 is 0 Å². The fraction of sp³-hybridized carbons (Fsp3) is 0.400. The summed E-state index contributed by atoms with van der Waals surface area (Å²) in [7, 11) is 1.59. The van der Waals surface area contributed by atoms with Crippen LogP contribution in [0.4, 0.5) is 0 Å². The number of hydrogen-bond acceptors (Lipinski definition) is 6. The molecule has 0 bridgehead atoms. The topological polar surface area (TPSA) is 88.7 Å². The molecule has 2 heterocycles. The monoisotopic (exact) mass is 303 g/mol. The van der Waals surface area contributed by atoms with Crippen LogP contribution in [-0.4, -0.2) is 45.8 Å². The molecule has 0 aliphatic carbocycles. The maximum Gasteiger partial charge on any atom is 0.295 e. The number of aromatic nitrogens is 2. The summed E-state index contributed by atoms with van der Waals surface area (Å²) in [6.45, 7) is 1.87. The highest BCUT2D eigenvalue weighted by Gasteiger charge is 2.37. The molecule has 7 nitrogen and oxygen atoms in total. The number of aliphatic hydroxyl groups excluding tert-OH is 1. The van der Waals surface area contributed by atoms with Crippen LogP contribution in [0.15, 0.2) is 28.8 Å². The lowest BCUT2D eigenvalue weighted by atomic mass is 10.0. The predicted octanol–water partition coefficient (Wildman–Crippen LogP) is 1.33. The first-order valence-electron chi connectivity index (χ1n) is 7.02. The number of aryl methyl sites for hydroxylation is 1. The Labute approximate surface area is 127 Å². The highest BCUT2D eigenvalue weighted by Crippen LogP contribution is 2.34. The summed E-state index contributed by atoms with van der Waals surface area (Å²) in [6.07, 6.45) is -0.108. The van der Waals surface area contributed by atoms with Gasteiger partial charge in [0.15, 0.2) is 0 Å². The average molecular weight is 303 g/mol. The van der Waals surface area contributed by atoms with Crippen LogP contribution in [0.25, 0.3) is 0 Å². The molecule has 1 aromatic heterocycles. The smallest absolute Gasteiger partial charge is 0.295 e. The van der Waals surface area contributed by atoms with Crippen molar-refractivity contribution in [2.45, 2.75) is 25.5 Å². The van der Waals surface area contributed by atoms with Gasteiger partial charge in [-0.15, -0.1) is 0 Å². The number of methoxy groups -OCH3 is 1. The van der Waals surface area contributed by atoms with Crippen molar-refractivity contribution < 1.29 is 19.2 Å². The third kappa shape index (κ3) is 2.67. The second-order valence-electron chi connectivity index (χ2n) is 5.28. The summed E-state index contributed by atoms with van der Waals surface area (Å²) < 4.78 is 10.1. The number of rotatable bonds is 3. The average Bonchev–Trinajstić information content (AvgIpc) is 3.12. The van der Waals surface area contributed by atoms with Gasteiger partial charge in [-0.2, -0.15) is 4.98 Å². The number of carbonyl (C=O) groups excluding carboxylic acids is 1. The number of amides is 1. The van der Waals surface area contributed by atoms with Crippen molar-refractivity contribution in [3.63, 3.8) is 0 Å². The molecule has 3 rings (SSSR count). The van der Waals surface area contributed by atoms with Crippen molar-refractivity contribution in [3.8, 4) is 5.75 Å². The Morgan fingerprint density at radius 2 is 2.32 bits per heavy atom. The first kappa shape index (κ1) is 14.5. The maximum absolute atomic E-state index is 12.5. The molecule has 22 heavy (non-hydrogen) atoms. The van der Waals surface area contributed by atoms with Crippen LogP contribution in [0, 0.1) is 6.92 Å². The Bertz CT molecular complexity index is 685. The van der Waals surface area contributed by atoms with Gasteiger partial charge in [0.2, 0.25) is 5.89 Å². The lowest BCUT2D eigenvalue weighted by Gasteiger charge is -2.23. The molecule has 1 N–H and O–H groups in total. The molecule has 1 fully saturated rings. The maximum atomic E-state index is 12.5. The van der Waals surface area contributed by atoms with Crippen molar-refractivity contribution in [1.82, 2.24) is 15.0 Å². The molecule has 7 heteroatoms. The van der Waals surface area contributed by atoms with Gasteiger partial charge in [0.1, 0.15) is 5.75 Å². The van der Waals surface area contributed by atoms with Crippen LogP contribution >= 0.6 is 0 Å². The normalized spacial score (nSPS) is 21.1.